The average Bonchev–Trinajstić information content (AvgIpc) is 3.51. The smallest absolute Gasteiger partial charge is 0.268 e. The maximum absolute atomic E-state index is 14.2. The van der Waals surface area contributed by atoms with Crippen LogP contribution in [0.25, 0.3) is 21.7 Å². The number of rotatable bonds is 5. The molecular weight excluding hydrogens is 522 g/mol. The summed E-state index contributed by atoms with van der Waals surface area (Å²) in [5.41, 5.74) is 2.81. The van der Waals surface area contributed by atoms with Crippen molar-refractivity contribution in [3.8, 4) is 5.69 Å². The molecule has 38 heavy (non-hydrogen) atoms. The van der Waals surface area contributed by atoms with Crippen molar-refractivity contribution in [2.24, 2.45) is 5.92 Å². The molecule has 1 amide bonds. The number of carbonyl (C=O) groups excluding carboxylic acids is 1. The first-order valence-electron chi connectivity index (χ1n) is 13.0. The third-order valence-electron chi connectivity index (χ3n) is 7.33. The van der Waals surface area contributed by atoms with Gasteiger partial charge in [-0.25, -0.2) is 8.97 Å². The van der Waals surface area contributed by atoms with E-state index in [9.17, 15) is 9.59 Å². The van der Waals surface area contributed by atoms with E-state index in [1.807, 2.05) is 47.4 Å². The lowest BCUT2D eigenvalue weighted by Crippen LogP contribution is -2.44. The summed E-state index contributed by atoms with van der Waals surface area (Å²) in [6.45, 7) is 11.0. The Morgan fingerprint density at radius 1 is 1.13 bits per heavy atom. The van der Waals surface area contributed by atoms with Gasteiger partial charge in [0.05, 0.1) is 42.2 Å². The lowest BCUT2D eigenvalue weighted by Gasteiger charge is -2.28. The summed E-state index contributed by atoms with van der Waals surface area (Å²) >= 11 is 2.94. The molecular formula is C27H31N5O4S2. The number of thioether (sulfide) groups is 1. The molecule has 200 valence electrons. The van der Waals surface area contributed by atoms with E-state index >= 15 is 0 Å². The van der Waals surface area contributed by atoms with Crippen LogP contribution < -0.4 is 5.56 Å². The summed E-state index contributed by atoms with van der Waals surface area (Å²) in [6, 6.07) is 7.85. The first-order valence-corrected chi connectivity index (χ1v) is 14.7. The van der Waals surface area contributed by atoms with E-state index in [1.54, 1.807) is 15.9 Å². The van der Waals surface area contributed by atoms with Gasteiger partial charge < -0.3 is 14.4 Å². The van der Waals surface area contributed by atoms with E-state index in [-0.39, 0.29) is 22.8 Å². The van der Waals surface area contributed by atoms with Crippen molar-refractivity contribution in [1.29, 1.82) is 0 Å². The molecule has 1 saturated heterocycles. The van der Waals surface area contributed by atoms with Gasteiger partial charge in [0.2, 0.25) is 11.7 Å². The van der Waals surface area contributed by atoms with Crippen molar-refractivity contribution in [2.45, 2.75) is 57.2 Å². The van der Waals surface area contributed by atoms with Gasteiger partial charge in [0, 0.05) is 24.4 Å². The number of benzene rings is 1. The Labute approximate surface area is 228 Å². The number of hydrogen-bond acceptors (Lipinski definition) is 8. The maximum atomic E-state index is 14.2. The molecule has 5 heterocycles. The molecule has 2 aliphatic heterocycles. The van der Waals surface area contributed by atoms with Crippen molar-refractivity contribution in [2.75, 3.05) is 26.3 Å². The molecule has 4 aromatic rings. The van der Waals surface area contributed by atoms with E-state index in [2.05, 4.69) is 24.0 Å². The van der Waals surface area contributed by atoms with Gasteiger partial charge in [0.1, 0.15) is 4.83 Å². The van der Waals surface area contributed by atoms with E-state index in [1.165, 1.54) is 11.8 Å². The second-order valence-electron chi connectivity index (χ2n) is 10.3. The van der Waals surface area contributed by atoms with E-state index in [0.717, 1.165) is 26.5 Å². The second-order valence-corrected chi connectivity index (χ2v) is 12.7. The van der Waals surface area contributed by atoms with E-state index in [4.69, 9.17) is 9.47 Å². The third-order valence-corrected chi connectivity index (χ3v) is 9.55. The Morgan fingerprint density at radius 3 is 2.58 bits per heavy atom. The zero-order valence-electron chi connectivity index (χ0n) is 22.0. The quantitative estimate of drug-likeness (QED) is 0.347. The minimum atomic E-state index is -0.362. The van der Waals surface area contributed by atoms with Crippen molar-refractivity contribution in [3.63, 3.8) is 0 Å². The first kappa shape index (κ1) is 25.5. The van der Waals surface area contributed by atoms with Gasteiger partial charge in [0.15, 0.2) is 5.16 Å². The summed E-state index contributed by atoms with van der Waals surface area (Å²) in [5.74, 6) is 0.839. The highest BCUT2D eigenvalue weighted by Crippen LogP contribution is 2.38. The summed E-state index contributed by atoms with van der Waals surface area (Å²) < 4.78 is 15.2. The monoisotopic (exact) mass is 553 g/mol. The lowest BCUT2D eigenvalue weighted by atomic mass is 9.96. The fourth-order valence-electron chi connectivity index (χ4n) is 5.12. The van der Waals surface area contributed by atoms with Gasteiger partial charge in [0.25, 0.3) is 5.56 Å². The molecule has 2 atom stereocenters. The largest absolute Gasteiger partial charge is 0.378 e. The zero-order chi connectivity index (χ0) is 26.6. The number of amides is 1. The third kappa shape index (κ3) is 4.35. The van der Waals surface area contributed by atoms with Crippen molar-refractivity contribution in [1.82, 2.24) is 24.1 Å². The fraction of sp³-hybridized carbons (Fsp3) is 0.481. The van der Waals surface area contributed by atoms with Crippen LogP contribution in [-0.2, 0) is 27.3 Å². The zero-order valence-corrected chi connectivity index (χ0v) is 23.6. The standard InChI is InChI=1S/C27H31N5O4S2/c1-15(2)20-13-19-21(14-36-20)38-25-22(19)24(34)31(18-7-5-16(3)6-8-18)26-28-29-27(32(25)26)37-17(4)23(33)30-9-11-35-12-10-30/h5-8,15,17,20H,9-14H2,1-4H3/t17-,20-/m0/s1. The van der Waals surface area contributed by atoms with Crippen LogP contribution in [0.1, 0.15) is 36.8 Å². The molecule has 1 aromatic carbocycles. The molecule has 0 spiro atoms. The van der Waals surface area contributed by atoms with Gasteiger partial charge in [-0.05, 0) is 37.5 Å². The molecule has 2 aliphatic rings. The minimum Gasteiger partial charge on any atom is -0.378 e. The molecule has 11 heteroatoms. The van der Waals surface area contributed by atoms with E-state index < -0.39 is 0 Å². The lowest BCUT2D eigenvalue weighted by molar-refractivity contribution is -0.134. The predicted molar refractivity (Wildman–Crippen MR) is 149 cm³/mol. The highest BCUT2D eigenvalue weighted by Gasteiger charge is 2.31. The summed E-state index contributed by atoms with van der Waals surface area (Å²) in [6.07, 6.45) is 0.752. The average molecular weight is 554 g/mol. The van der Waals surface area contributed by atoms with Crippen molar-refractivity contribution >= 4 is 45.0 Å². The summed E-state index contributed by atoms with van der Waals surface area (Å²) in [7, 11) is 0. The molecule has 3 aromatic heterocycles. The summed E-state index contributed by atoms with van der Waals surface area (Å²) in [4.78, 5) is 31.1. The molecule has 9 nitrogen and oxygen atoms in total. The number of aryl methyl sites for hydroxylation is 1. The number of nitrogens with zero attached hydrogens (tertiary/aromatic N) is 5. The number of thiophene rings is 1. The number of aromatic nitrogens is 4. The normalized spacial score (nSPS) is 18.9. The highest BCUT2D eigenvalue weighted by molar-refractivity contribution is 8.00. The van der Waals surface area contributed by atoms with Gasteiger partial charge in [-0.1, -0.05) is 43.3 Å². The molecule has 1 fully saturated rings. The van der Waals surface area contributed by atoms with Crippen LogP contribution in [0.5, 0.6) is 0 Å². The summed E-state index contributed by atoms with van der Waals surface area (Å²) in [5, 5.41) is 9.92. The molecule has 0 unspecified atom stereocenters. The van der Waals surface area contributed by atoms with Crippen molar-refractivity contribution in [3.05, 3.63) is 50.6 Å². The number of fused-ring (bicyclic) bond motifs is 5. The topological polar surface area (TPSA) is 91.0 Å². The molecule has 0 saturated carbocycles. The number of morpholine rings is 1. The number of carbonyl (C=O) groups is 1. The highest BCUT2D eigenvalue weighted by atomic mass is 32.2. The Hall–Kier alpha value is -2.73. The second kappa shape index (κ2) is 10.1. The van der Waals surface area contributed by atoms with Crippen LogP contribution >= 0.6 is 23.1 Å². The van der Waals surface area contributed by atoms with Gasteiger partial charge in [-0.3, -0.25) is 9.59 Å². The Kier molecular flexibility index (Phi) is 6.79. The predicted octanol–water partition coefficient (Wildman–Crippen LogP) is 3.84. The first-order chi connectivity index (χ1) is 18.3. The maximum Gasteiger partial charge on any atom is 0.268 e. The SMILES string of the molecule is Cc1ccc(-n2c(=O)c3c4c(sc3n3c(S[C@@H](C)C(=O)N5CCOCC5)nnc23)CO[C@H](C(C)C)C4)cc1. The van der Waals surface area contributed by atoms with Gasteiger partial charge in [-0.15, -0.1) is 21.5 Å². The van der Waals surface area contributed by atoms with Crippen molar-refractivity contribution < 1.29 is 14.3 Å². The van der Waals surface area contributed by atoms with Crippen LogP contribution in [0.3, 0.4) is 0 Å². The Morgan fingerprint density at radius 2 is 1.87 bits per heavy atom. The van der Waals surface area contributed by atoms with Gasteiger partial charge in [-0.2, -0.15) is 0 Å². The molecule has 6 rings (SSSR count). The minimum absolute atomic E-state index is 0.0526. The van der Waals surface area contributed by atoms with E-state index in [0.29, 0.717) is 61.6 Å². The molecule has 0 bridgehead atoms. The van der Waals surface area contributed by atoms with Gasteiger partial charge >= 0.3 is 0 Å². The number of ether oxygens (including phenoxy) is 2. The van der Waals surface area contributed by atoms with Crippen LogP contribution in [-0.4, -0.2) is 67.6 Å². The molecule has 0 N–H and O–H groups in total. The van der Waals surface area contributed by atoms with Crippen LogP contribution in [0.15, 0.2) is 34.2 Å². The van der Waals surface area contributed by atoms with Crippen LogP contribution in [0.2, 0.25) is 0 Å². The Bertz CT molecular complexity index is 1570. The Balaban J connectivity index is 1.52. The van der Waals surface area contributed by atoms with Crippen LogP contribution in [0, 0.1) is 12.8 Å². The number of hydrogen-bond donors (Lipinski definition) is 0. The fourth-order valence-corrected chi connectivity index (χ4v) is 7.35. The van der Waals surface area contributed by atoms with Crippen LogP contribution in [0.4, 0.5) is 0 Å². The molecule has 0 radical (unpaired) electrons. The molecule has 0 aliphatic carbocycles.